The summed E-state index contributed by atoms with van der Waals surface area (Å²) in [6.07, 6.45) is -1.01. The third-order valence-corrected chi connectivity index (χ3v) is 2.55. The Morgan fingerprint density at radius 2 is 1.89 bits per heavy atom. The first-order chi connectivity index (χ1) is 9.04. The number of carbonyl (C=O) groups is 1. The molecular weight excluding hydrogens is 256 g/mol. The summed E-state index contributed by atoms with van der Waals surface area (Å²) in [7, 11) is 3.04. The van der Waals surface area contributed by atoms with Crippen molar-refractivity contribution in [1.29, 1.82) is 0 Å². The lowest BCUT2D eigenvalue weighted by molar-refractivity contribution is -0.184. The van der Waals surface area contributed by atoms with Gasteiger partial charge in [-0.2, -0.15) is 0 Å². The van der Waals surface area contributed by atoms with Crippen LogP contribution in [0.25, 0.3) is 0 Å². The Morgan fingerprint density at radius 1 is 1.21 bits per heavy atom. The van der Waals surface area contributed by atoms with Crippen molar-refractivity contribution in [3.8, 4) is 0 Å². The highest BCUT2D eigenvalue weighted by Crippen LogP contribution is 2.30. The number of hydrogen-bond donors (Lipinski definition) is 0. The molecule has 1 rings (SSSR count). The Hall–Kier alpha value is -0.570. The zero-order valence-corrected chi connectivity index (χ0v) is 11.8. The molecule has 0 saturated carbocycles. The lowest BCUT2D eigenvalue weighted by Gasteiger charge is -2.25. The van der Waals surface area contributed by atoms with E-state index in [0.29, 0.717) is 6.29 Å². The molecule has 0 unspecified atom stereocenters. The van der Waals surface area contributed by atoms with E-state index < -0.39 is 24.1 Å². The molecule has 0 aromatic rings. The van der Waals surface area contributed by atoms with Crippen LogP contribution in [0.3, 0.4) is 0 Å². The van der Waals surface area contributed by atoms with E-state index in [1.54, 1.807) is 13.8 Å². The number of ether oxygens (including phenoxy) is 6. The van der Waals surface area contributed by atoms with Crippen LogP contribution >= 0.6 is 0 Å². The van der Waals surface area contributed by atoms with Gasteiger partial charge in [0.2, 0.25) is 0 Å². The van der Waals surface area contributed by atoms with Crippen LogP contribution in [0.5, 0.6) is 0 Å². The molecule has 1 fully saturated rings. The second kappa shape index (κ2) is 7.88. The summed E-state index contributed by atoms with van der Waals surface area (Å²) >= 11 is 0. The Labute approximate surface area is 113 Å². The van der Waals surface area contributed by atoms with E-state index in [-0.39, 0.29) is 20.2 Å². The fourth-order valence-electron chi connectivity index (χ4n) is 1.85. The molecule has 0 spiro atoms. The van der Waals surface area contributed by atoms with E-state index in [2.05, 4.69) is 0 Å². The van der Waals surface area contributed by atoms with Gasteiger partial charge in [0.25, 0.3) is 0 Å². The van der Waals surface area contributed by atoms with Gasteiger partial charge in [-0.25, -0.2) is 0 Å². The monoisotopic (exact) mass is 278 g/mol. The largest absolute Gasteiger partial charge is 0.359 e. The van der Waals surface area contributed by atoms with Crippen molar-refractivity contribution in [2.24, 2.45) is 0 Å². The number of hydrogen-bond acceptors (Lipinski definition) is 7. The van der Waals surface area contributed by atoms with Crippen molar-refractivity contribution in [3.63, 3.8) is 0 Å². The molecule has 1 heterocycles. The van der Waals surface area contributed by atoms with E-state index in [4.69, 9.17) is 28.4 Å². The van der Waals surface area contributed by atoms with Crippen LogP contribution in [0.4, 0.5) is 0 Å². The van der Waals surface area contributed by atoms with Gasteiger partial charge in [0.1, 0.15) is 31.9 Å². The quantitative estimate of drug-likeness (QED) is 0.341. The number of methoxy groups -OCH3 is 2. The topological polar surface area (TPSA) is 72.5 Å². The molecule has 7 nitrogen and oxygen atoms in total. The second-order valence-corrected chi connectivity index (χ2v) is 4.59. The summed E-state index contributed by atoms with van der Waals surface area (Å²) in [6, 6.07) is 0. The van der Waals surface area contributed by atoms with Crippen LogP contribution < -0.4 is 0 Å². The Morgan fingerprint density at radius 3 is 2.47 bits per heavy atom. The van der Waals surface area contributed by atoms with E-state index in [9.17, 15) is 4.79 Å². The SMILES string of the molecule is COCOC[C@H](OCOC)[C@@H]1OC(C)(C)O[C@H]1C=O. The highest BCUT2D eigenvalue weighted by atomic mass is 16.8. The number of aldehydes is 1. The van der Waals surface area contributed by atoms with Crippen molar-refractivity contribution < 1.29 is 33.2 Å². The minimum absolute atomic E-state index is 0.0763. The van der Waals surface area contributed by atoms with Crippen molar-refractivity contribution in [3.05, 3.63) is 0 Å². The molecule has 112 valence electrons. The molecule has 7 heteroatoms. The van der Waals surface area contributed by atoms with Crippen LogP contribution in [0.15, 0.2) is 0 Å². The first-order valence-corrected chi connectivity index (χ1v) is 6.02. The van der Waals surface area contributed by atoms with Gasteiger partial charge in [0.05, 0.1) is 6.61 Å². The molecule has 0 N–H and O–H groups in total. The van der Waals surface area contributed by atoms with Gasteiger partial charge in [0.15, 0.2) is 12.1 Å². The van der Waals surface area contributed by atoms with Gasteiger partial charge in [-0.05, 0) is 13.8 Å². The molecule has 1 saturated heterocycles. The lowest BCUT2D eigenvalue weighted by atomic mass is 10.1. The molecule has 0 bridgehead atoms. The number of carbonyl (C=O) groups excluding carboxylic acids is 1. The maximum absolute atomic E-state index is 11.1. The molecule has 0 amide bonds. The average molecular weight is 278 g/mol. The second-order valence-electron chi connectivity index (χ2n) is 4.59. The van der Waals surface area contributed by atoms with E-state index in [1.165, 1.54) is 14.2 Å². The Bertz CT molecular complexity index is 269. The van der Waals surface area contributed by atoms with E-state index in [0.717, 1.165) is 0 Å². The Kier molecular flexibility index (Phi) is 6.84. The van der Waals surface area contributed by atoms with Crippen LogP contribution in [0.2, 0.25) is 0 Å². The normalized spacial score (nSPS) is 27.4. The number of rotatable bonds is 9. The summed E-state index contributed by atoms with van der Waals surface area (Å²) in [4.78, 5) is 11.1. The zero-order valence-electron chi connectivity index (χ0n) is 11.8. The zero-order chi connectivity index (χ0) is 14.3. The third-order valence-electron chi connectivity index (χ3n) is 2.55. The molecule has 0 aromatic carbocycles. The average Bonchev–Trinajstić information content (AvgIpc) is 2.69. The smallest absolute Gasteiger partial charge is 0.164 e. The molecule has 3 atom stereocenters. The predicted octanol–water partition coefficient (Wildman–Crippen LogP) is 0.315. The van der Waals surface area contributed by atoms with Crippen molar-refractivity contribution in [2.75, 3.05) is 34.4 Å². The standard InChI is InChI=1S/C12H22O7/c1-12(2)18-9(5-13)11(19-12)10(17-8-15-4)6-16-7-14-3/h5,9-11H,6-8H2,1-4H3/t9-,10-,11+/m0/s1. The van der Waals surface area contributed by atoms with Crippen LogP contribution in [-0.2, 0) is 33.2 Å². The summed E-state index contributed by atoms with van der Waals surface area (Å²) < 4.78 is 31.6. The molecular formula is C12H22O7. The van der Waals surface area contributed by atoms with E-state index in [1.807, 2.05) is 0 Å². The maximum Gasteiger partial charge on any atom is 0.164 e. The van der Waals surface area contributed by atoms with Gasteiger partial charge in [-0.3, -0.25) is 0 Å². The third kappa shape index (κ3) is 5.13. The summed E-state index contributed by atoms with van der Waals surface area (Å²) in [5.74, 6) is -0.827. The first-order valence-electron chi connectivity index (χ1n) is 6.02. The van der Waals surface area contributed by atoms with Crippen molar-refractivity contribution in [2.45, 2.75) is 37.9 Å². The van der Waals surface area contributed by atoms with Gasteiger partial charge in [0, 0.05) is 14.2 Å². The molecule has 19 heavy (non-hydrogen) atoms. The van der Waals surface area contributed by atoms with Crippen LogP contribution in [-0.4, -0.2) is 64.8 Å². The van der Waals surface area contributed by atoms with Crippen molar-refractivity contribution in [1.82, 2.24) is 0 Å². The lowest BCUT2D eigenvalue weighted by Crippen LogP contribution is -2.41. The van der Waals surface area contributed by atoms with E-state index >= 15 is 0 Å². The van der Waals surface area contributed by atoms with Gasteiger partial charge in [-0.15, -0.1) is 0 Å². The summed E-state index contributed by atoms with van der Waals surface area (Å²) in [5.41, 5.74) is 0. The predicted molar refractivity (Wildman–Crippen MR) is 64.5 cm³/mol. The molecule has 1 aliphatic rings. The fraction of sp³-hybridized carbons (Fsp3) is 0.917. The molecule has 0 radical (unpaired) electrons. The van der Waals surface area contributed by atoms with Gasteiger partial charge >= 0.3 is 0 Å². The molecule has 0 aromatic heterocycles. The fourth-order valence-corrected chi connectivity index (χ4v) is 1.85. The summed E-state index contributed by atoms with van der Waals surface area (Å²) in [5, 5.41) is 0. The minimum Gasteiger partial charge on any atom is -0.359 e. The van der Waals surface area contributed by atoms with Crippen LogP contribution in [0.1, 0.15) is 13.8 Å². The first kappa shape index (κ1) is 16.5. The highest BCUT2D eigenvalue weighted by molar-refractivity contribution is 5.58. The van der Waals surface area contributed by atoms with Gasteiger partial charge < -0.3 is 33.2 Å². The maximum atomic E-state index is 11.1. The molecule has 0 aliphatic carbocycles. The summed E-state index contributed by atoms with van der Waals surface area (Å²) in [6.45, 7) is 3.91. The minimum atomic E-state index is -0.827. The van der Waals surface area contributed by atoms with Crippen molar-refractivity contribution >= 4 is 6.29 Å². The Balaban J connectivity index is 2.63. The molecule has 1 aliphatic heterocycles. The van der Waals surface area contributed by atoms with Crippen LogP contribution in [0, 0.1) is 0 Å². The van der Waals surface area contributed by atoms with Gasteiger partial charge in [-0.1, -0.05) is 0 Å². The highest BCUT2D eigenvalue weighted by Gasteiger charge is 2.45.